The van der Waals surface area contributed by atoms with Crippen molar-refractivity contribution >= 4 is 0 Å². The fourth-order valence-electron chi connectivity index (χ4n) is 3.42. The van der Waals surface area contributed by atoms with Crippen LogP contribution in [0.1, 0.15) is 40.0 Å². The quantitative estimate of drug-likeness (QED) is 0.813. The average molecular weight is 254 g/mol. The molecule has 0 amide bonds. The summed E-state index contributed by atoms with van der Waals surface area (Å²) in [5.74, 6) is 1.54. The lowest BCUT2D eigenvalue weighted by Crippen LogP contribution is -2.48. The van der Waals surface area contributed by atoms with Gasteiger partial charge in [-0.15, -0.1) is 0 Å². The molecule has 0 radical (unpaired) electrons. The molecule has 0 aromatic heterocycles. The van der Waals surface area contributed by atoms with Crippen LogP contribution in [0.5, 0.6) is 0 Å². The van der Waals surface area contributed by atoms with Gasteiger partial charge in [0, 0.05) is 25.2 Å². The number of hydrogen-bond donors (Lipinski definition) is 1. The SMILES string of the molecule is CCN1CCCC(C(C)NC(C)C2CCOC2)C1. The third-order valence-corrected chi connectivity index (χ3v) is 4.89. The molecule has 0 spiro atoms. The van der Waals surface area contributed by atoms with E-state index in [1.54, 1.807) is 0 Å². The molecule has 4 unspecified atom stereocenters. The standard InChI is InChI=1S/C15H30N2O/c1-4-17-8-5-6-14(10-17)12(2)16-13(3)15-7-9-18-11-15/h12-16H,4-11H2,1-3H3. The van der Waals surface area contributed by atoms with E-state index in [0.717, 1.165) is 25.0 Å². The second kappa shape index (κ2) is 6.88. The van der Waals surface area contributed by atoms with E-state index < -0.39 is 0 Å². The smallest absolute Gasteiger partial charge is 0.0509 e. The zero-order valence-corrected chi connectivity index (χ0v) is 12.3. The average Bonchev–Trinajstić information content (AvgIpc) is 2.92. The van der Waals surface area contributed by atoms with Crippen LogP contribution in [0.2, 0.25) is 0 Å². The van der Waals surface area contributed by atoms with E-state index in [-0.39, 0.29) is 0 Å². The summed E-state index contributed by atoms with van der Waals surface area (Å²) < 4.78 is 5.49. The fraction of sp³-hybridized carbons (Fsp3) is 1.00. The molecule has 2 heterocycles. The number of hydrogen-bond acceptors (Lipinski definition) is 3. The van der Waals surface area contributed by atoms with Gasteiger partial charge < -0.3 is 15.0 Å². The van der Waals surface area contributed by atoms with Gasteiger partial charge >= 0.3 is 0 Å². The summed E-state index contributed by atoms with van der Waals surface area (Å²) in [5, 5.41) is 3.83. The predicted molar refractivity (Wildman–Crippen MR) is 75.8 cm³/mol. The Balaban J connectivity index is 1.77. The van der Waals surface area contributed by atoms with Gasteiger partial charge in [0.1, 0.15) is 0 Å². The maximum atomic E-state index is 5.49. The van der Waals surface area contributed by atoms with E-state index in [9.17, 15) is 0 Å². The summed E-state index contributed by atoms with van der Waals surface area (Å²) >= 11 is 0. The van der Waals surface area contributed by atoms with Crippen molar-refractivity contribution in [2.24, 2.45) is 11.8 Å². The molecule has 0 aromatic rings. The van der Waals surface area contributed by atoms with Crippen LogP contribution in [-0.2, 0) is 4.74 Å². The van der Waals surface area contributed by atoms with Crippen LogP contribution in [0.15, 0.2) is 0 Å². The Hall–Kier alpha value is -0.120. The molecule has 2 fully saturated rings. The first-order valence-electron chi connectivity index (χ1n) is 7.76. The van der Waals surface area contributed by atoms with Crippen LogP contribution >= 0.6 is 0 Å². The number of rotatable bonds is 5. The highest BCUT2D eigenvalue weighted by Gasteiger charge is 2.28. The zero-order chi connectivity index (χ0) is 13.0. The zero-order valence-electron chi connectivity index (χ0n) is 12.3. The largest absolute Gasteiger partial charge is 0.381 e. The molecular formula is C15H30N2O. The van der Waals surface area contributed by atoms with E-state index in [0.29, 0.717) is 12.1 Å². The van der Waals surface area contributed by atoms with E-state index in [1.807, 2.05) is 0 Å². The second-order valence-electron chi connectivity index (χ2n) is 6.16. The van der Waals surface area contributed by atoms with E-state index in [4.69, 9.17) is 4.74 Å². The molecule has 1 N–H and O–H groups in total. The van der Waals surface area contributed by atoms with Crippen LogP contribution in [0.25, 0.3) is 0 Å². The number of nitrogens with one attached hydrogen (secondary N) is 1. The molecule has 2 aliphatic heterocycles. The van der Waals surface area contributed by atoms with Crippen LogP contribution < -0.4 is 5.32 Å². The maximum absolute atomic E-state index is 5.49. The topological polar surface area (TPSA) is 24.5 Å². The summed E-state index contributed by atoms with van der Waals surface area (Å²) in [7, 11) is 0. The Bertz CT molecular complexity index is 241. The van der Waals surface area contributed by atoms with Gasteiger partial charge in [-0.3, -0.25) is 0 Å². The molecule has 2 rings (SSSR count). The molecule has 3 nitrogen and oxygen atoms in total. The first-order chi connectivity index (χ1) is 8.70. The molecule has 3 heteroatoms. The third-order valence-electron chi connectivity index (χ3n) is 4.89. The molecule has 0 saturated carbocycles. The molecule has 2 saturated heterocycles. The lowest BCUT2D eigenvalue weighted by atomic mass is 9.90. The lowest BCUT2D eigenvalue weighted by molar-refractivity contribution is 0.143. The molecule has 0 bridgehead atoms. The van der Waals surface area contributed by atoms with E-state index >= 15 is 0 Å². The number of ether oxygens (including phenoxy) is 1. The van der Waals surface area contributed by atoms with Crippen LogP contribution in [-0.4, -0.2) is 49.8 Å². The summed E-state index contributed by atoms with van der Waals surface area (Å²) in [6.07, 6.45) is 3.98. The van der Waals surface area contributed by atoms with Crippen molar-refractivity contribution in [3.8, 4) is 0 Å². The van der Waals surface area contributed by atoms with Gasteiger partial charge in [-0.2, -0.15) is 0 Å². The minimum absolute atomic E-state index is 0.597. The highest BCUT2D eigenvalue weighted by Crippen LogP contribution is 2.22. The Morgan fingerprint density at radius 1 is 1.22 bits per heavy atom. The van der Waals surface area contributed by atoms with Gasteiger partial charge in [0.05, 0.1) is 6.61 Å². The van der Waals surface area contributed by atoms with Crippen LogP contribution in [0, 0.1) is 11.8 Å². The highest BCUT2D eigenvalue weighted by atomic mass is 16.5. The molecular weight excluding hydrogens is 224 g/mol. The first-order valence-corrected chi connectivity index (χ1v) is 7.76. The summed E-state index contributed by atoms with van der Waals surface area (Å²) in [4.78, 5) is 2.59. The van der Waals surface area contributed by atoms with Gasteiger partial charge in [0.25, 0.3) is 0 Å². The van der Waals surface area contributed by atoms with Gasteiger partial charge in [-0.1, -0.05) is 6.92 Å². The van der Waals surface area contributed by atoms with Crippen molar-refractivity contribution in [2.75, 3.05) is 32.8 Å². The monoisotopic (exact) mass is 254 g/mol. The van der Waals surface area contributed by atoms with Crippen LogP contribution in [0.3, 0.4) is 0 Å². The van der Waals surface area contributed by atoms with E-state index in [2.05, 4.69) is 31.0 Å². The van der Waals surface area contributed by atoms with Gasteiger partial charge in [-0.05, 0) is 58.0 Å². The summed E-state index contributed by atoms with van der Waals surface area (Å²) in [6.45, 7) is 12.7. The van der Waals surface area contributed by atoms with Crippen molar-refractivity contribution in [2.45, 2.75) is 52.1 Å². The Kier molecular flexibility index (Phi) is 5.46. The molecule has 106 valence electrons. The second-order valence-corrected chi connectivity index (χ2v) is 6.16. The Morgan fingerprint density at radius 3 is 2.67 bits per heavy atom. The van der Waals surface area contributed by atoms with Crippen molar-refractivity contribution in [3.63, 3.8) is 0 Å². The van der Waals surface area contributed by atoms with Crippen LogP contribution in [0.4, 0.5) is 0 Å². The van der Waals surface area contributed by atoms with Crippen molar-refractivity contribution < 1.29 is 4.74 Å². The van der Waals surface area contributed by atoms with Crippen molar-refractivity contribution in [1.82, 2.24) is 10.2 Å². The molecule has 18 heavy (non-hydrogen) atoms. The molecule has 2 aliphatic rings. The Labute approximate surface area is 112 Å². The van der Waals surface area contributed by atoms with Gasteiger partial charge in [0.15, 0.2) is 0 Å². The minimum Gasteiger partial charge on any atom is -0.381 e. The minimum atomic E-state index is 0.597. The lowest BCUT2D eigenvalue weighted by Gasteiger charge is -2.37. The fourth-order valence-corrected chi connectivity index (χ4v) is 3.42. The van der Waals surface area contributed by atoms with E-state index in [1.165, 1.54) is 38.9 Å². The normalized spacial score (nSPS) is 33.5. The number of nitrogens with zero attached hydrogens (tertiary/aromatic N) is 1. The molecule has 4 atom stereocenters. The summed E-state index contributed by atoms with van der Waals surface area (Å²) in [5.41, 5.74) is 0. The van der Waals surface area contributed by atoms with Gasteiger partial charge in [-0.25, -0.2) is 0 Å². The number of piperidine rings is 1. The maximum Gasteiger partial charge on any atom is 0.0509 e. The first kappa shape index (κ1) is 14.3. The van der Waals surface area contributed by atoms with Crippen molar-refractivity contribution in [1.29, 1.82) is 0 Å². The van der Waals surface area contributed by atoms with Crippen molar-refractivity contribution in [3.05, 3.63) is 0 Å². The third kappa shape index (κ3) is 3.69. The highest BCUT2D eigenvalue weighted by molar-refractivity contribution is 4.84. The number of likely N-dealkylation sites (tertiary alicyclic amines) is 1. The van der Waals surface area contributed by atoms with Gasteiger partial charge in [0.2, 0.25) is 0 Å². The molecule has 0 aliphatic carbocycles. The molecule has 0 aromatic carbocycles. The predicted octanol–water partition coefficient (Wildman–Crippen LogP) is 2.12. The summed E-state index contributed by atoms with van der Waals surface area (Å²) in [6, 6.07) is 1.23. The Morgan fingerprint density at radius 2 is 2.00 bits per heavy atom.